The van der Waals surface area contributed by atoms with Crippen LogP contribution < -0.4 is 10.1 Å². The third kappa shape index (κ3) is 3.70. The first-order valence-corrected chi connectivity index (χ1v) is 7.89. The molecule has 0 bridgehead atoms. The van der Waals surface area contributed by atoms with Crippen LogP contribution in [0.15, 0.2) is 42.9 Å². The lowest BCUT2D eigenvalue weighted by Gasteiger charge is -2.04. The van der Waals surface area contributed by atoms with Gasteiger partial charge >= 0.3 is 0 Å². The number of halogens is 1. The number of rotatable bonds is 5. The van der Waals surface area contributed by atoms with Crippen molar-refractivity contribution in [3.05, 3.63) is 57.7 Å². The maximum Gasteiger partial charge on any atom is 0.274 e. The Balaban J connectivity index is 1.68. The summed E-state index contributed by atoms with van der Waals surface area (Å²) in [6.45, 7) is 0.592. The van der Waals surface area contributed by atoms with Crippen LogP contribution in [-0.4, -0.2) is 33.0 Å². The molecule has 0 atom stereocenters. The van der Waals surface area contributed by atoms with Gasteiger partial charge in [-0.2, -0.15) is 10.2 Å². The van der Waals surface area contributed by atoms with Crippen LogP contribution in [0.25, 0.3) is 0 Å². The maximum absolute atomic E-state index is 12.1. The Morgan fingerprint density at radius 3 is 3.04 bits per heavy atom. The van der Waals surface area contributed by atoms with Crippen molar-refractivity contribution in [2.45, 2.75) is 6.54 Å². The quantitative estimate of drug-likeness (QED) is 0.618. The Kier molecular flexibility index (Phi) is 4.60. The molecular weight excluding hydrogens is 409 g/mol. The lowest BCUT2D eigenvalue weighted by atomic mass is 10.2. The molecule has 2 aromatic heterocycles. The molecule has 0 saturated carbocycles. The van der Waals surface area contributed by atoms with Crippen LogP contribution in [0.1, 0.15) is 16.1 Å². The molecule has 3 aromatic rings. The van der Waals surface area contributed by atoms with E-state index in [0.717, 1.165) is 14.9 Å². The number of nitrogens with zero attached hydrogens (tertiary/aromatic N) is 3. The van der Waals surface area contributed by atoms with Crippen LogP contribution in [0.4, 0.5) is 5.69 Å². The Morgan fingerprint density at radius 1 is 1.43 bits per heavy atom. The molecule has 0 unspecified atom stereocenters. The lowest BCUT2D eigenvalue weighted by molar-refractivity contribution is 0.102. The maximum atomic E-state index is 12.1. The third-order valence-electron chi connectivity index (χ3n) is 3.19. The van der Waals surface area contributed by atoms with E-state index < -0.39 is 0 Å². The number of anilines is 1. The number of hydrogen-bond acceptors (Lipinski definition) is 4. The molecule has 0 aliphatic heterocycles. The summed E-state index contributed by atoms with van der Waals surface area (Å²) in [5.41, 5.74) is 2.13. The van der Waals surface area contributed by atoms with Crippen molar-refractivity contribution in [3.8, 4) is 5.75 Å². The van der Waals surface area contributed by atoms with Crippen molar-refractivity contribution in [1.29, 1.82) is 0 Å². The van der Waals surface area contributed by atoms with E-state index in [1.807, 2.05) is 24.3 Å². The smallest absolute Gasteiger partial charge is 0.274 e. The number of aromatic amines is 1. The van der Waals surface area contributed by atoms with Gasteiger partial charge in [0.2, 0.25) is 0 Å². The normalized spacial score (nSPS) is 10.5. The number of amides is 1. The Hall–Kier alpha value is -2.36. The Labute approximate surface area is 146 Å². The monoisotopic (exact) mass is 423 g/mol. The van der Waals surface area contributed by atoms with E-state index in [0.29, 0.717) is 17.9 Å². The van der Waals surface area contributed by atoms with Crippen molar-refractivity contribution in [1.82, 2.24) is 20.0 Å². The van der Waals surface area contributed by atoms with E-state index in [-0.39, 0.29) is 5.91 Å². The van der Waals surface area contributed by atoms with E-state index in [1.54, 1.807) is 30.4 Å². The summed E-state index contributed by atoms with van der Waals surface area (Å²) >= 11 is 2.05. The minimum Gasteiger partial charge on any atom is -0.497 e. The summed E-state index contributed by atoms with van der Waals surface area (Å²) in [4.78, 5) is 12.1. The average Bonchev–Trinajstić information content (AvgIpc) is 3.16. The number of nitrogens with one attached hydrogen (secondary N) is 2. The fourth-order valence-electron chi connectivity index (χ4n) is 2.10. The van der Waals surface area contributed by atoms with Gasteiger partial charge in [-0.3, -0.25) is 14.6 Å². The minimum atomic E-state index is -0.243. The summed E-state index contributed by atoms with van der Waals surface area (Å²) in [7, 11) is 1.64. The molecule has 0 aliphatic rings. The summed E-state index contributed by atoms with van der Waals surface area (Å²) < 4.78 is 7.73. The highest BCUT2D eigenvalue weighted by Crippen LogP contribution is 2.15. The minimum absolute atomic E-state index is 0.243. The lowest BCUT2D eigenvalue weighted by Crippen LogP contribution is -2.13. The van der Waals surface area contributed by atoms with Crippen molar-refractivity contribution in [3.63, 3.8) is 0 Å². The summed E-state index contributed by atoms with van der Waals surface area (Å²) in [6.07, 6.45) is 4.99. The number of methoxy groups -OCH3 is 1. The molecule has 2 N–H and O–H groups in total. The second-order valence-corrected chi connectivity index (χ2v) is 5.99. The van der Waals surface area contributed by atoms with E-state index in [1.165, 1.54) is 0 Å². The highest BCUT2D eigenvalue weighted by molar-refractivity contribution is 14.1. The zero-order valence-corrected chi connectivity index (χ0v) is 14.4. The summed E-state index contributed by atoms with van der Waals surface area (Å²) in [6, 6.07) is 7.77. The number of benzene rings is 1. The molecule has 8 heteroatoms. The molecule has 0 radical (unpaired) electrons. The first-order valence-electron chi connectivity index (χ1n) is 6.81. The van der Waals surface area contributed by atoms with E-state index in [4.69, 9.17) is 4.74 Å². The zero-order valence-electron chi connectivity index (χ0n) is 12.3. The molecule has 2 heterocycles. The van der Waals surface area contributed by atoms with Crippen molar-refractivity contribution in [2.75, 3.05) is 12.4 Å². The molecule has 7 nitrogen and oxygen atoms in total. The van der Waals surface area contributed by atoms with Gasteiger partial charge in [0.15, 0.2) is 0 Å². The fourth-order valence-corrected chi connectivity index (χ4v) is 2.60. The van der Waals surface area contributed by atoms with Crippen LogP contribution in [0, 0.1) is 3.57 Å². The van der Waals surface area contributed by atoms with Gasteiger partial charge in [0.25, 0.3) is 5.91 Å². The van der Waals surface area contributed by atoms with Crippen LogP contribution >= 0.6 is 22.6 Å². The van der Waals surface area contributed by atoms with E-state index in [2.05, 4.69) is 43.2 Å². The molecule has 0 spiro atoms. The van der Waals surface area contributed by atoms with Gasteiger partial charge in [-0.05, 0) is 40.3 Å². The van der Waals surface area contributed by atoms with Gasteiger partial charge in [-0.1, -0.05) is 12.1 Å². The Bertz CT molecular complexity index is 827. The van der Waals surface area contributed by atoms with Gasteiger partial charge in [-0.15, -0.1) is 0 Å². The van der Waals surface area contributed by atoms with Crippen LogP contribution in [0.2, 0.25) is 0 Å². The van der Waals surface area contributed by atoms with Gasteiger partial charge < -0.3 is 10.1 Å². The second-order valence-electron chi connectivity index (χ2n) is 4.83. The number of hydrogen-bond donors (Lipinski definition) is 2. The molecule has 118 valence electrons. The number of carbonyl (C=O) groups excluding carboxylic acids is 1. The van der Waals surface area contributed by atoms with E-state index in [9.17, 15) is 4.79 Å². The molecule has 0 aliphatic carbocycles. The van der Waals surface area contributed by atoms with Gasteiger partial charge in [-0.25, -0.2) is 0 Å². The van der Waals surface area contributed by atoms with Crippen molar-refractivity contribution in [2.24, 2.45) is 0 Å². The number of H-pyrrole nitrogens is 1. The average molecular weight is 423 g/mol. The first kappa shape index (κ1) is 15.5. The number of ether oxygens (including phenoxy) is 1. The highest BCUT2D eigenvalue weighted by atomic mass is 127. The summed E-state index contributed by atoms with van der Waals surface area (Å²) in [5, 5.41) is 13.6. The second kappa shape index (κ2) is 6.82. The standard InChI is InChI=1S/C15H14IN5O2/c1-23-12-4-2-3-10(5-12)8-21-9-11(6-18-21)19-15(22)14-13(16)7-17-20-14/h2-7,9H,8H2,1H3,(H,17,20)(H,19,22). The van der Waals surface area contributed by atoms with Crippen LogP contribution in [0.5, 0.6) is 5.75 Å². The van der Waals surface area contributed by atoms with Crippen molar-refractivity contribution < 1.29 is 9.53 Å². The van der Waals surface area contributed by atoms with Crippen molar-refractivity contribution >= 4 is 34.2 Å². The zero-order chi connectivity index (χ0) is 16.2. The molecule has 1 amide bonds. The first-order chi connectivity index (χ1) is 11.2. The largest absolute Gasteiger partial charge is 0.497 e. The predicted molar refractivity (Wildman–Crippen MR) is 93.6 cm³/mol. The number of carbonyl (C=O) groups is 1. The number of aromatic nitrogens is 4. The summed E-state index contributed by atoms with van der Waals surface area (Å²) in [5.74, 6) is 0.560. The predicted octanol–water partition coefficient (Wildman–Crippen LogP) is 2.52. The van der Waals surface area contributed by atoms with Crippen LogP contribution in [0.3, 0.4) is 0 Å². The highest BCUT2D eigenvalue weighted by Gasteiger charge is 2.13. The molecule has 1 aromatic carbocycles. The molecule has 3 rings (SSSR count). The molecule has 23 heavy (non-hydrogen) atoms. The van der Waals surface area contributed by atoms with Crippen LogP contribution in [-0.2, 0) is 6.54 Å². The Morgan fingerprint density at radius 2 is 2.30 bits per heavy atom. The molecular formula is C15H14IN5O2. The van der Waals surface area contributed by atoms with E-state index >= 15 is 0 Å². The fraction of sp³-hybridized carbons (Fsp3) is 0.133. The molecule has 0 saturated heterocycles. The van der Waals surface area contributed by atoms with Gasteiger partial charge in [0.1, 0.15) is 11.4 Å². The van der Waals surface area contributed by atoms with Gasteiger partial charge in [0, 0.05) is 6.20 Å². The third-order valence-corrected chi connectivity index (χ3v) is 4.01. The van der Waals surface area contributed by atoms with Gasteiger partial charge in [0.05, 0.1) is 35.3 Å². The topological polar surface area (TPSA) is 84.8 Å². The molecule has 0 fully saturated rings. The SMILES string of the molecule is COc1cccc(Cn2cc(NC(=O)c3[nH]ncc3I)cn2)c1.